The highest BCUT2D eigenvalue weighted by atomic mass is 32.1. The first-order valence-electron chi connectivity index (χ1n) is 7.05. The van der Waals surface area contributed by atoms with E-state index in [1.165, 1.54) is 30.6 Å². The van der Waals surface area contributed by atoms with E-state index in [1.54, 1.807) is 11.3 Å². The van der Waals surface area contributed by atoms with Crippen LogP contribution in [0.1, 0.15) is 62.0 Å². The molecule has 1 saturated carbocycles. The number of aliphatic hydroxyl groups is 1. The molecule has 0 bridgehead atoms. The average Bonchev–Trinajstić information content (AvgIpc) is 2.64. The second kappa shape index (κ2) is 6.18. The Morgan fingerprint density at radius 2 is 2.00 bits per heavy atom. The molecule has 0 amide bonds. The van der Waals surface area contributed by atoms with Gasteiger partial charge in [0.1, 0.15) is 6.10 Å². The molecular formula is C15H24O2S. The van der Waals surface area contributed by atoms with Crippen LogP contribution in [0.15, 0.2) is 11.4 Å². The number of aliphatic hydroxyl groups excluding tert-OH is 1. The molecule has 3 heteroatoms. The number of hydrogen-bond donors (Lipinski definition) is 1. The van der Waals surface area contributed by atoms with Gasteiger partial charge < -0.3 is 9.84 Å². The molecule has 1 aromatic heterocycles. The molecular weight excluding hydrogens is 244 g/mol. The number of hydrogen-bond acceptors (Lipinski definition) is 3. The maximum atomic E-state index is 10.8. The lowest BCUT2D eigenvalue weighted by Crippen LogP contribution is -2.39. The smallest absolute Gasteiger partial charge is 0.109 e. The van der Waals surface area contributed by atoms with Crippen LogP contribution in [0, 0.1) is 6.92 Å². The van der Waals surface area contributed by atoms with Gasteiger partial charge >= 0.3 is 0 Å². The standard InChI is InChI=1S/C15H24O2S/c1-3-17-15(9-6-4-5-7-10-15)14(16)13-8-11-18-12(13)2/h8,11,14,16H,3-7,9-10H2,1-2H3. The van der Waals surface area contributed by atoms with Gasteiger partial charge in [0.2, 0.25) is 0 Å². The van der Waals surface area contributed by atoms with Crippen molar-refractivity contribution in [3.63, 3.8) is 0 Å². The van der Waals surface area contributed by atoms with Crippen LogP contribution >= 0.6 is 11.3 Å². The van der Waals surface area contributed by atoms with Crippen molar-refractivity contribution < 1.29 is 9.84 Å². The Balaban J connectivity index is 2.25. The summed E-state index contributed by atoms with van der Waals surface area (Å²) in [6.45, 7) is 4.79. The largest absolute Gasteiger partial charge is 0.385 e. The van der Waals surface area contributed by atoms with Gasteiger partial charge in [0.15, 0.2) is 0 Å². The molecule has 0 spiro atoms. The number of thiophene rings is 1. The normalized spacial score (nSPS) is 21.5. The van der Waals surface area contributed by atoms with Crippen molar-refractivity contribution in [2.45, 2.75) is 64.1 Å². The second-order valence-corrected chi connectivity index (χ2v) is 6.37. The summed E-state index contributed by atoms with van der Waals surface area (Å²) in [5.74, 6) is 0. The van der Waals surface area contributed by atoms with E-state index in [2.05, 4.69) is 18.4 Å². The lowest BCUT2D eigenvalue weighted by atomic mass is 9.84. The minimum Gasteiger partial charge on any atom is -0.385 e. The van der Waals surface area contributed by atoms with Gasteiger partial charge in [-0.3, -0.25) is 0 Å². The molecule has 1 unspecified atom stereocenters. The van der Waals surface area contributed by atoms with E-state index >= 15 is 0 Å². The third kappa shape index (κ3) is 2.79. The van der Waals surface area contributed by atoms with Gasteiger partial charge in [-0.25, -0.2) is 0 Å². The molecule has 1 fully saturated rings. The van der Waals surface area contributed by atoms with Gasteiger partial charge in [-0.1, -0.05) is 25.7 Å². The molecule has 1 aliphatic rings. The topological polar surface area (TPSA) is 29.5 Å². The first-order valence-corrected chi connectivity index (χ1v) is 7.93. The summed E-state index contributed by atoms with van der Waals surface area (Å²) in [5, 5.41) is 12.9. The predicted octanol–water partition coefficient (Wildman–Crippen LogP) is 4.22. The first kappa shape index (κ1) is 14.0. The van der Waals surface area contributed by atoms with Gasteiger partial charge in [0.25, 0.3) is 0 Å². The van der Waals surface area contributed by atoms with Crippen LogP contribution in [0.25, 0.3) is 0 Å². The zero-order valence-corrected chi connectivity index (χ0v) is 12.3. The maximum Gasteiger partial charge on any atom is 0.109 e. The van der Waals surface area contributed by atoms with Gasteiger partial charge in [0.05, 0.1) is 5.60 Å². The van der Waals surface area contributed by atoms with Gasteiger partial charge in [-0.05, 0) is 43.7 Å². The van der Waals surface area contributed by atoms with Gasteiger partial charge in [-0.15, -0.1) is 11.3 Å². The van der Waals surface area contributed by atoms with Crippen molar-refractivity contribution >= 4 is 11.3 Å². The molecule has 1 aromatic rings. The van der Waals surface area contributed by atoms with E-state index in [0.717, 1.165) is 18.4 Å². The summed E-state index contributed by atoms with van der Waals surface area (Å²) in [6, 6.07) is 2.05. The third-order valence-corrected chi connectivity index (χ3v) is 4.93. The minimum atomic E-state index is -0.471. The van der Waals surface area contributed by atoms with Crippen LogP contribution in [0.2, 0.25) is 0 Å². The van der Waals surface area contributed by atoms with Crippen molar-refractivity contribution in [1.29, 1.82) is 0 Å². The molecule has 18 heavy (non-hydrogen) atoms. The summed E-state index contributed by atoms with van der Waals surface area (Å²) in [5.41, 5.74) is 0.715. The van der Waals surface area contributed by atoms with E-state index in [9.17, 15) is 5.11 Å². The highest BCUT2D eigenvalue weighted by Gasteiger charge is 2.40. The lowest BCUT2D eigenvalue weighted by Gasteiger charge is -2.37. The Morgan fingerprint density at radius 1 is 1.33 bits per heavy atom. The van der Waals surface area contributed by atoms with Crippen LogP contribution in [-0.4, -0.2) is 17.3 Å². The summed E-state index contributed by atoms with van der Waals surface area (Å²) >= 11 is 1.70. The number of rotatable bonds is 4. The molecule has 1 N–H and O–H groups in total. The van der Waals surface area contributed by atoms with E-state index in [1.807, 2.05) is 6.92 Å². The Bertz CT molecular complexity index is 364. The first-order chi connectivity index (χ1) is 8.69. The molecule has 2 rings (SSSR count). The summed E-state index contributed by atoms with van der Waals surface area (Å²) in [7, 11) is 0. The van der Waals surface area contributed by atoms with Crippen molar-refractivity contribution in [3.05, 3.63) is 21.9 Å². The van der Waals surface area contributed by atoms with E-state index in [0.29, 0.717) is 6.61 Å². The van der Waals surface area contributed by atoms with Crippen LogP contribution in [0.3, 0.4) is 0 Å². The van der Waals surface area contributed by atoms with E-state index in [4.69, 9.17) is 4.74 Å². The van der Waals surface area contributed by atoms with Crippen molar-refractivity contribution in [2.75, 3.05) is 6.61 Å². The zero-order valence-electron chi connectivity index (χ0n) is 11.4. The SMILES string of the molecule is CCOC1(C(O)c2ccsc2C)CCCCCC1. The van der Waals surface area contributed by atoms with Crippen LogP contribution in [-0.2, 0) is 4.74 Å². The Hall–Kier alpha value is -0.380. The Kier molecular flexibility index (Phi) is 4.82. The fraction of sp³-hybridized carbons (Fsp3) is 0.733. The molecule has 102 valence electrons. The third-order valence-electron chi connectivity index (χ3n) is 4.07. The Morgan fingerprint density at radius 3 is 2.50 bits per heavy atom. The maximum absolute atomic E-state index is 10.8. The van der Waals surface area contributed by atoms with Crippen LogP contribution in [0.4, 0.5) is 0 Å². The summed E-state index contributed by atoms with van der Waals surface area (Å²) < 4.78 is 6.05. The van der Waals surface area contributed by atoms with Crippen LogP contribution < -0.4 is 0 Å². The molecule has 0 radical (unpaired) electrons. The molecule has 0 saturated heterocycles. The number of aryl methyl sites for hydroxylation is 1. The van der Waals surface area contributed by atoms with Crippen molar-refractivity contribution in [1.82, 2.24) is 0 Å². The van der Waals surface area contributed by atoms with Crippen molar-refractivity contribution in [2.24, 2.45) is 0 Å². The quantitative estimate of drug-likeness (QED) is 0.828. The van der Waals surface area contributed by atoms with Gasteiger partial charge in [0, 0.05) is 11.5 Å². The summed E-state index contributed by atoms with van der Waals surface area (Å²) in [4.78, 5) is 1.21. The lowest BCUT2D eigenvalue weighted by molar-refractivity contribution is -0.131. The molecule has 1 aliphatic carbocycles. The highest BCUT2D eigenvalue weighted by Crippen LogP contribution is 2.42. The molecule has 2 nitrogen and oxygen atoms in total. The predicted molar refractivity (Wildman–Crippen MR) is 76.1 cm³/mol. The molecule has 0 aromatic carbocycles. The highest BCUT2D eigenvalue weighted by molar-refractivity contribution is 7.10. The zero-order chi connectivity index (χ0) is 13.0. The minimum absolute atomic E-state index is 0.350. The number of ether oxygens (including phenoxy) is 1. The van der Waals surface area contributed by atoms with Crippen LogP contribution in [0.5, 0.6) is 0 Å². The summed E-state index contributed by atoms with van der Waals surface area (Å²) in [6.07, 6.45) is 6.37. The molecule has 0 aliphatic heterocycles. The van der Waals surface area contributed by atoms with Crippen molar-refractivity contribution in [3.8, 4) is 0 Å². The molecule has 1 heterocycles. The second-order valence-electron chi connectivity index (χ2n) is 5.25. The fourth-order valence-corrected chi connectivity index (χ4v) is 3.81. The fourth-order valence-electron chi connectivity index (χ4n) is 3.07. The van der Waals surface area contributed by atoms with E-state index in [-0.39, 0.29) is 5.60 Å². The van der Waals surface area contributed by atoms with E-state index < -0.39 is 6.10 Å². The molecule has 1 atom stereocenters. The van der Waals surface area contributed by atoms with Gasteiger partial charge in [-0.2, -0.15) is 0 Å². The Labute approximate surface area is 114 Å². The monoisotopic (exact) mass is 268 g/mol. The average molecular weight is 268 g/mol.